The van der Waals surface area contributed by atoms with Crippen LogP contribution in [0.1, 0.15) is 38.6 Å². The smallest absolute Gasteiger partial charge is 0.201 e. The van der Waals surface area contributed by atoms with Crippen molar-refractivity contribution in [2.24, 2.45) is 5.92 Å². The summed E-state index contributed by atoms with van der Waals surface area (Å²) in [4.78, 5) is 4.59. The van der Waals surface area contributed by atoms with Crippen molar-refractivity contribution in [3.63, 3.8) is 0 Å². The zero-order valence-corrected chi connectivity index (χ0v) is 13.2. The summed E-state index contributed by atoms with van der Waals surface area (Å²) >= 11 is 0. The Morgan fingerprint density at radius 1 is 1.24 bits per heavy atom. The second-order valence-corrected chi connectivity index (χ2v) is 8.13. The first-order valence-corrected chi connectivity index (χ1v) is 9.23. The highest BCUT2D eigenvalue weighted by Crippen LogP contribution is 2.36. The summed E-state index contributed by atoms with van der Waals surface area (Å²) in [6, 6.07) is 5.59. The maximum absolute atomic E-state index is 11.9. The first-order chi connectivity index (χ1) is 9.88. The molecule has 21 heavy (non-hydrogen) atoms. The number of para-hydroxylation sites is 1. The van der Waals surface area contributed by atoms with Gasteiger partial charge in [-0.05, 0) is 43.7 Å². The number of hydrogen-bond acceptors (Lipinski definition) is 4. The van der Waals surface area contributed by atoms with Gasteiger partial charge in [-0.1, -0.05) is 13.0 Å². The van der Waals surface area contributed by atoms with Crippen molar-refractivity contribution in [2.75, 3.05) is 12.0 Å². The first-order valence-electron chi connectivity index (χ1n) is 7.34. The van der Waals surface area contributed by atoms with Crippen LogP contribution in [0.3, 0.4) is 0 Å². The number of aromatic nitrogens is 2. The predicted molar refractivity (Wildman–Crippen MR) is 83.9 cm³/mol. The zero-order valence-electron chi connectivity index (χ0n) is 12.4. The number of imidazole rings is 1. The van der Waals surface area contributed by atoms with Gasteiger partial charge in [0.1, 0.15) is 5.52 Å². The number of rotatable bonds is 2. The highest BCUT2D eigenvalue weighted by atomic mass is 32.2. The standard InChI is InChI=1S/C15H21N3O2S/c1-10-6-8-11(9-7-10)18-12-4-3-5-13(21(2,19)20)14(12)17-15(18)16/h3-5,10-11H,6-9H2,1-2H3,(H2,16,17). The fraction of sp³-hybridized carbons (Fsp3) is 0.533. The molecule has 1 aromatic heterocycles. The van der Waals surface area contributed by atoms with Gasteiger partial charge >= 0.3 is 0 Å². The Labute approximate surface area is 125 Å². The van der Waals surface area contributed by atoms with Crippen molar-refractivity contribution >= 4 is 26.8 Å². The van der Waals surface area contributed by atoms with E-state index < -0.39 is 9.84 Å². The topological polar surface area (TPSA) is 78.0 Å². The lowest BCUT2D eigenvalue weighted by molar-refractivity contribution is 0.296. The molecule has 0 spiro atoms. The second-order valence-electron chi connectivity index (χ2n) is 6.15. The molecule has 6 heteroatoms. The van der Waals surface area contributed by atoms with Gasteiger partial charge in [0, 0.05) is 12.3 Å². The van der Waals surface area contributed by atoms with Crippen LogP contribution in [0.4, 0.5) is 5.95 Å². The van der Waals surface area contributed by atoms with E-state index in [4.69, 9.17) is 5.73 Å². The minimum absolute atomic E-state index is 0.259. The molecule has 2 aromatic rings. The van der Waals surface area contributed by atoms with Gasteiger partial charge in [-0.2, -0.15) is 0 Å². The molecule has 5 nitrogen and oxygen atoms in total. The van der Waals surface area contributed by atoms with E-state index in [1.165, 1.54) is 19.1 Å². The Morgan fingerprint density at radius 2 is 1.90 bits per heavy atom. The normalized spacial score (nSPS) is 23.5. The molecule has 1 saturated carbocycles. The second kappa shape index (κ2) is 5.02. The third kappa shape index (κ3) is 2.52. The summed E-state index contributed by atoms with van der Waals surface area (Å²) < 4.78 is 25.8. The minimum atomic E-state index is -3.30. The lowest BCUT2D eigenvalue weighted by Gasteiger charge is -2.28. The largest absolute Gasteiger partial charge is 0.369 e. The summed E-state index contributed by atoms with van der Waals surface area (Å²) in [5, 5.41) is 0. The third-order valence-electron chi connectivity index (χ3n) is 4.46. The molecule has 0 aliphatic heterocycles. The van der Waals surface area contributed by atoms with E-state index in [0.717, 1.165) is 24.3 Å². The zero-order chi connectivity index (χ0) is 15.2. The van der Waals surface area contributed by atoms with E-state index in [1.807, 2.05) is 10.6 Å². The Balaban J connectivity index is 2.14. The minimum Gasteiger partial charge on any atom is -0.369 e. The molecule has 0 saturated heterocycles. The maximum Gasteiger partial charge on any atom is 0.201 e. The van der Waals surface area contributed by atoms with Crippen LogP contribution in [0.5, 0.6) is 0 Å². The van der Waals surface area contributed by atoms with Crippen LogP contribution in [-0.2, 0) is 9.84 Å². The summed E-state index contributed by atoms with van der Waals surface area (Å²) in [5.74, 6) is 1.17. The fourth-order valence-electron chi connectivity index (χ4n) is 3.29. The van der Waals surface area contributed by atoms with Crippen LogP contribution < -0.4 is 5.73 Å². The molecule has 0 unspecified atom stereocenters. The molecular weight excluding hydrogens is 286 g/mol. The van der Waals surface area contributed by atoms with Crippen LogP contribution in [0.15, 0.2) is 23.1 Å². The lowest BCUT2D eigenvalue weighted by atomic mass is 9.87. The lowest BCUT2D eigenvalue weighted by Crippen LogP contribution is -2.18. The summed E-state index contributed by atoms with van der Waals surface area (Å²) in [6.45, 7) is 2.27. The summed E-state index contributed by atoms with van der Waals surface area (Å²) in [6.07, 6.45) is 5.70. The number of fused-ring (bicyclic) bond motifs is 1. The molecule has 0 radical (unpaired) electrons. The van der Waals surface area contributed by atoms with Crippen molar-refractivity contribution in [2.45, 2.75) is 43.5 Å². The number of nitrogen functional groups attached to an aromatic ring is 1. The van der Waals surface area contributed by atoms with E-state index in [0.29, 0.717) is 17.5 Å². The van der Waals surface area contributed by atoms with Gasteiger partial charge in [0.15, 0.2) is 9.84 Å². The molecule has 114 valence electrons. The van der Waals surface area contributed by atoms with Crippen LogP contribution >= 0.6 is 0 Å². The Kier molecular flexibility index (Phi) is 3.43. The molecule has 3 rings (SSSR count). The number of benzene rings is 1. The molecule has 1 aromatic carbocycles. The van der Waals surface area contributed by atoms with Crippen molar-refractivity contribution < 1.29 is 8.42 Å². The van der Waals surface area contributed by atoms with E-state index in [2.05, 4.69) is 11.9 Å². The van der Waals surface area contributed by atoms with Gasteiger partial charge in [0.25, 0.3) is 0 Å². The number of hydrogen-bond donors (Lipinski definition) is 1. The van der Waals surface area contributed by atoms with E-state index in [9.17, 15) is 8.42 Å². The molecule has 1 aliphatic carbocycles. The number of nitrogens with zero attached hydrogens (tertiary/aromatic N) is 2. The first kappa shape index (κ1) is 14.4. The molecular formula is C15H21N3O2S. The van der Waals surface area contributed by atoms with Gasteiger partial charge < -0.3 is 10.3 Å². The van der Waals surface area contributed by atoms with E-state index >= 15 is 0 Å². The quantitative estimate of drug-likeness (QED) is 0.925. The van der Waals surface area contributed by atoms with Gasteiger partial charge in [-0.15, -0.1) is 0 Å². The average Bonchev–Trinajstić information content (AvgIpc) is 2.74. The van der Waals surface area contributed by atoms with Gasteiger partial charge in [0.05, 0.1) is 10.4 Å². The molecule has 0 atom stereocenters. The van der Waals surface area contributed by atoms with Gasteiger partial charge in [-0.25, -0.2) is 13.4 Å². The van der Waals surface area contributed by atoms with Crippen LogP contribution in [0.2, 0.25) is 0 Å². The summed E-state index contributed by atoms with van der Waals surface area (Å²) in [7, 11) is -3.30. The SMILES string of the molecule is CC1CCC(n2c(N)nc3c(S(C)(=O)=O)cccc32)CC1. The van der Waals surface area contributed by atoms with Crippen molar-refractivity contribution in [1.82, 2.24) is 9.55 Å². The molecule has 2 N–H and O–H groups in total. The van der Waals surface area contributed by atoms with Crippen LogP contribution in [-0.4, -0.2) is 24.2 Å². The molecule has 0 amide bonds. The highest BCUT2D eigenvalue weighted by molar-refractivity contribution is 7.91. The monoisotopic (exact) mass is 307 g/mol. The average molecular weight is 307 g/mol. The predicted octanol–water partition coefficient (Wildman–Crippen LogP) is 2.77. The molecule has 1 heterocycles. The molecule has 1 fully saturated rings. The Morgan fingerprint density at radius 3 is 2.52 bits per heavy atom. The Bertz CT molecular complexity index is 772. The van der Waals surface area contributed by atoms with Crippen LogP contribution in [0, 0.1) is 5.92 Å². The van der Waals surface area contributed by atoms with Gasteiger partial charge in [-0.3, -0.25) is 0 Å². The third-order valence-corrected chi connectivity index (χ3v) is 5.59. The highest BCUT2D eigenvalue weighted by Gasteiger charge is 2.25. The number of anilines is 1. The van der Waals surface area contributed by atoms with Gasteiger partial charge in [0.2, 0.25) is 5.95 Å². The molecule has 1 aliphatic rings. The molecule has 0 bridgehead atoms. The van der Waals surface area contributed by atoms with E-state index in [1.54, 1.807) is 12.1 Å². The number of nitrogens with two attached hydrogens (primary N) is 1. The fourth-order valence-corrected chi connectivity index (χ4v) is 4.12. The maximum atomic E-state index is 11.9. The van der Waals surface area contributed by atoms with Crippen LogP contribution in [0.25, 0.3) is 11.0 Å². The van der Waals surface area contributed by atoms with Crippen molar-refractivity contribution in [3.8, 4) is 0 Å². The van der Waals surface area contributed by atoms with Crippen molar-refractivity contribution in [3.05, 3.63) is 18.2 Å². The summed E-state index contributed by atoms with van der Waals surface area (Å²) in [5.41, 5.74) is 7.41. The number of sulfone groups is 1. The Hall–Kier alpha value is -1.56. The van der Waals surface area contributed by atoms with Crippen molar-refractivity contribution in [1.29, 1.82) is 0 Å². The van der Waals surface area contributed by atoms with E-state index in [-0.39, 0.29) is 4.90 Å².